The van der Waals surface area contributed by atoms with Crippen molar-refractivity contribution in [1.29, 1.82) is 0 Å². The van der Waals surface area contributed by atoms with Gasteiger partial charge in [0.05, 0.1) is 27.7 Å². The highest BCUT2D eigenvalue weighted by atomic mass is 31.2. The quantitative estimate of drug-likeness (QED) is 0.0292. The van der Waals surface area contributed by atoms with Crippen LogP contribution in [0.25, 0.3) is 0 Å². The third kappa shape index (κ3) is 38.6. The normalized spacial score (nSPS) is 13.8. The number of quaternary nitrogens is 1. The summed E-state index contributed by atoms with van der Waals surface area (Å²) in [5.74, 6) is -0.250. The number of esters is 1. The first-order valence-electron chi connectivity index (χ1n) is 20.8. The molecule has 0 aliphatic heterocycles. The van der Waals surface area contributed by atoms with Crippen LogP contribution >= 0.6 is 7.82 Å². The molecule has 0 bridgehead atoms. The van der Waals surface area contributed by atoms with E-state index in [0.717, 1.165) is 32.1 Å². The van der Waals surface area contributed by atoms with Gasteiger partial charge in [0.15, 0.2) is 0 Å². The zero-order valence-electron chi connectivity index (χ0n) is 33.2. The van der Waals surface area contributed by atoms with Gasteiger partial charge < -0.3 is 18.9 Å². The Morgan fingerprint density at radius 1 is 0.551 bits per heavy atom. The van der Waals surface area contributed by atoms with Gasteiger partial charge in [-0.1, -0.05) is 174 Å². The lowest BCUT2D eigenvalue weighted by Gasteiger charge is -2.24. The molecule has 2 atom stereocenters. The van der Waals surface area contributed by atoms with E-state index in [1.165, 1.54) is 141 Å². The highest BCUT2D eigenvalue weighted by Gasteiger charge is 2.25. The van der Waals surface area contributed by atoms with E-state index in [4.69, 9.17) is 18.5 Å². The number of phosphoric ester groups is 1. The third-order valence-electron chi connectivity index (χ3n) is 9.21. The number of hydrogen-bond donors (Lipinski definition) is 1. The van der Waals surface area contributed by atoms with Crippen LogP contribution in [0.2, 0.25) is 0 Å². The van der Waals surface area contributed by atoms with Crippen LogP contribution < -0.4 is 0 Å². The van der Waals surface area contributed by atoms with Gasteiger partial charge in [0.2, 0.25) is 0 Å². The summed E-state index contributed by atoms with van der Waals surface area (Å²) in [6.45, 7) is 5.55. The largest absolute Gasteiger partial charge is 0.472 e. The molecule has 1 unspecified atom stereocenters. The fourth-order valence-corrected chi connectivity index (χ4v) is 6.62. The Morgan fingerprint density at radius 3 is 1.35 bits per heavy atom. The van der Waals surface area contributed by atoms with Crippen molar-refractivity contribution in [3.8, 4) is 0 Å². The van der Waals surface area contributed by atoms with E-state index >= 15 is 0 Å². The summed E-state index contributed by atoms with van der Waals surface area (Å²) < 4.78 is 35.0. The molecule has 0 aromatic heterocycles. The van der Waals surface area contributed by atoms with E-state index in [0.29, 0.717) is 24.1 Å². The Kier molecular flexibility index (Phi) is 34.2. The van der Waals surface area contributed by atoms with Gasteiger partial charge in [0, 0.05) is 13.0 Å². The molecule has 0 heterocycles. The van der Waals surface area contributed by atoms with Crippen LogP contribution in [0.4, 0.5) is 0 Å². The standard InChI is InChI=1S/C40H82NO7P/c1-6-8-10-12-14-16-18-20-22-24-26-28-30-32-35-45-39(38-48-49(43,44)47-36-34-41(3,4)5)37-46-40(42)33-31-29-27-25-23-21-19-17-15-13-11-9-7-2/h39H,6-38H2,1-5H3/p+1/t39-/m1/s1. The lowest BCUT2D eigenvalue weighted by Crippen LogP contribution is -2.37. The molecule has 0 spiro atoms. The van der Waals surface area contributed by atoms with Crippen LogP contribution in [0.15, 0.2) is 0 Å². The number of likely N-dealkylation sites (N-methyl/N-ethyl adjacent to an activating group) is 1. The van der Waals surface area contributed by atoms with Crippen LogP contribution in [-0.2, 0) is 27.9 Å². The van der Waals surface area contributed by atoms with Gasteiger partial charge in [0.1, 0.15) is 25.9 Å². The number of phosphoric acid groups is 1. The van der Waals surface area contributed by atoms with E-state index in [-0.39, 0.29) is 25.8 Å². The van der Waals surface area contributed by atoms with Gasteiger partial charge in [-0.3, -0.25) is 13.8 Å². The van der Waals surface area contributed by atoms with Crippen LogP contribution in [0.1, 0.15) is 194 Å². The number of unbranched alkanes of at least 4 members (excludes halogenated alkanes) is 25. The number of carbonyl (C=O) groups is 1. The number of nitrogens with zero attached hydrogens (tertiary/aromatic N) is 1. The fourth-order valence-electron chi connectivity index (χ4n) is 5.88. The zero-order valence-corrected chi connectivity index (χ0v) is 34.1. The van der Waals surface area contributed by atoms with Crippen molar-refractivity contribution in [1.82, 2.24) is 0 Å². The molecule has 0 aromatic carbocycles. The van der Waals surface area contributed by atoms with Crippen LogP contribution in [-0.4, -0.2) is 75.6 Å². The van der Waals surface area contributed by atoms with Crippen molar-refractivity contribution in [3.63, 3.8) is 0 Å². The minimum absolute atomic E-state index is 0.00869. The van der Waals surface area contributed by atoms with Gasteiger partial charge in [0.25, 0.3) is 0 Å². The first-order chi connectivity index (χ1) is 23.6. The molecule has 1 N–H and O–H groups in total. The minimum atomic E-state index is -4.23. The maximum absolute atomic E-state index is 12.4. The van der Waals surface area contributed by atoms with Crippen LogP contribution in [0.5, 0.6) is 0 Å². The van der Waals surface area contributed by atoms with Gasteiger partial charge in [-0.05, 0) is 12.8 Å². The molecule has 0 fully saturated rings. The Balaban J connectivity index is 4.22. The average Bonchev–Trinajstić information content (AvgIpc) is 3.05. The summed E-state index contributed by atoms with van der Waals surface area (Å²) in [6.07, 6.45) is 34.2. The third-order valence-corrected chi connectivity index (χ3v) is 10.2. The fraction of sp³-hybridized carbons (Fsp3) is 0.975. The van der Waals surface area contributed by atoms with E-state index in [1.807, 2.05) is 21.1 Å². The van der Waals surface area contributed by atoms with Crippen molar-refractivity contribution in [2.24, 2.45) is 0 Å². The first kappa shape index (κ1) is 48.5. The Bertz CT molecular complexity index is 761. The van der Waals surface area contributed by atoms with Crippen molar-refractivity contribution in [2.45, 2.75) is 200 Å². The molecule has 0 saturated heterocycles. The molecule has 0 aliphatic carbocycles. The van der Waals surface area contributed by atoms with Gasteiger partial charge in [-0.25, -0.2) is 4.57 Å². The highest BCUT2D eigenvalue weighted by Crippen LogP contribution is 2.43. The van der Waals surface area contributed by atoms with Crippen molar-refractivity contribution >= 4 is 13.8 Å². The zero-order chi connectivity index (χ0) is 36.3. The SMILES string of the molecule is CCCCCCCCCCCCCCCCO[C@H](COC(=O)CCCCCCCCCCCCCCC)COP(=O)(O)OCC[N+](C)(C)C. The van der Waals surface area contributed by atoms with E-state index < -0.39 is 13.9 Å². The molecule has 0 saturated carbocycles. The maximum atomic E-state index is 12.4. The number of ether oxygens (including phenoxy) is 2. The van der Waals surface area contributed by atoms with Crippen molar-refractivity contribution in [3.05, 3.63) is 0 Å². The van der Waals surface area contributed by atoms with Crippen molar-refractivity contribution in [2.75, 3.05) is 54.1 Å². The van der Waals surface area contributed by atoms with Gasteiger partial charge >= 0.3 is 13.8 Å². The minimum Gasteiger partial charge on any atom is -0.463 e. The summed E-state index contributed by atoms with van der Waals surface area (Å²) in [7, 11) is 1.73. The number of carbonyl (C=O) groups excluding carboxylic acids is 1. The average molecular weight is 721 g/mol. The molecule has 0 rings (SSSR count). The second-order valence-corrected chi connectivity index (χ2v) is 16.8. The van der Waals surface area contributed by atoms with Crippen LogP contribution in [0.3, 0.4) is 0 Å². The first-order valence-corrected chi connectivity index (χ1v) is 22.3. The summed E-state index contributed by atoms with van der Waals surface area (Å²) in [4.78, 5) is 22.6. The molecule has 0 aliphatic rings. The second-order valence-electron chi connectivity index (χ2n) is 15.4. The number of hydrogen-bond acceptors (Lipinski definition) is 6. The van der Waals surface area contributed by atoms with Crippen LogP contribution in [0, 0.1) is 0 Å². The monoisotopic (exact) mass is 721 g/mol. The second kappa shape index (κ2) is 34.6. The maximum Gasteiger partial charge on any atom is 0.472 e. The molecule has 49 heavy (non-hydrogen) atoms. The van der Waals surface area contributed by atoms with E-state index in [1.54, 1.807) is 0 Å². The molecular weight excluding hydrogens is 637 g/mol. The summed E-state index contributed by atoms with van der Waals surface area (Å²) in [6, 6.07) is 0. The number of rotatable bonds is 39. The molecule has 9 heteroatoms. The Labute approximate surface area is 304 Å². The molecule has 0 radical (unpaired) electrons. The summed E-state index contributed by atoms with van der Waals surface area (Å²) >= 11 is 0. The molecule has 8 nitrogen and oxygen atoms in total. The topological polar surface area (TPSA) is 91.3 Å². The van der Waals surface area contributed by atoms with Crippen molar-refractivity contribution < 1.29 is 37.3 Å². The molecule has 294 valence electrons. The smallest absolute Gasteiger partial charge is 0.463 e. The predicted octanol–water partition coefficient (Wildman–Crippen LogP) is 11.7. The molecular formula is C40H83NO7P+. The summed E-state index contributed by atoms with van der Waals surface area (Å²) in [5.41, 5.74) is 0. The molecule has 0 aromatic rings. The summed E-state index contributed by atoms with van der Waals surface area (Å²) in [5, 5.41) is 0. The Hall–Kier alpha value is -0.500. The van der Waals surface area contributed by atoms with E-state index in [2.05, 4.69) is 13.8 Å². The van der Waals surface area contributed by atoms with E-state index in [9.17, 15) is 14.3 Å². The Morgan fingerprint density at radius 2 is 0.939 bits per heavy atom. The lowest BCUT2D eigenvalue weighted by molar-refractivity contribution is -0.870. The predicted molar refractivity (Wildman–Crippen MR) is 206 cm³/mol. The lowest BCUT2D eigenvalue weighted by atomic mass is 10.0. The highest BCUT2D eigenvalue weighted by molar-refractivity contribution is 7.47. The van der Waals surface area contributed by atoms with Gasteiger partial charge in [-0.15, -0.1) is 0 Å². The van der Waals surface area contributed by atoms with Gasteiger partial charge in [-0.2, -0.15) is 0 Å². The molecule has 0 amide bonds.